The molecule has 0 spiro atoms. The highest BCUT2D eigenvalue weighted by Gasteiger charge is 2.44. The first-order valence-corrected chi connectivity index (χ1v) is 5.56. The topological polar surface area (TPSA) is 47.3 Å². The van der Waals surface area contributed by atoms with Crippen molar-refractivity contribution >= 4 is 0 Å². The fourth-order valence-corrected chi connectivity index (χ4v) is 2.85. The minimum atomic E-state index is -0.408. The van der Waals surface area contributed by atoms with E-state index in [1.165, 1.54) is 6.42 Å². The number of rotatable bonds is 2. The SMILES string of the molecule is Cn1cc(C(O)C2CC3CCC2O3)cn1. The normalized spacial score (nSPS) is 36.0. The Labute approximate surface area is 88.9 Å². The van der Waals surface area contributed by atoms with E-state index >= 15 is 0 Å². The molecule has 0 aromatic carbocycles. The Bertz CT molecular complexity index is 363. The van der Waals surface area contributed by atoms with Crippen molar-refractivity contribution in [2.24, 2.45) is 13.0 Å². The average Bonchev–Trinajstić information content (AvgIpc) is 2.90. The van der Waals surface area contributed by atoms with Crippen LogP contribution >= 0.6 is 0 Å². The molecule has 0 aliphatic carbocycles. The van der Waals surface area contributed by atoms with E-state index in [4.69, 9.17) is 4.74 Å². The van der Waals surface area contributed by atoms with E-state index in [0.717, 1.165) is 18.4 Å². The van der Waals surface area contributed by atoms with Gasteiger partial charge in [0.1, 0.15) is 0 Å². The van der Waals surface area contributed by atoms with Crippen molar-refractivity contribution < 1.29 is 9.84 Å². The van der Waals surface area contributed by atoms with Crippen LogP contribution in [-0.2, 0) is 11.8 Å². The molecular formula is C11H16N2O2. The van der Waals surface area contributed by atoms with Gasteiger partial charge in [0, 0.05) is 24.7 Å². The van der Waals surface area contributed by atoms with Crippen LogP contribution in [-0.4, -0.2) is 27.1 Å². The maximum Gasteiger partial charge on any atom is 0.0874 e. The fraction of sp³-hybridized carbons (Fsp3) is 0.727. The molecule has 4 unspecified atom stereocenters. The Morgan fingerprint density at radius 3 is 3.00 bits per heavy atom. The van der Waals surface area contributed by atoms with Gasteiger partial charge >= 0.3 is 0 Å². The van der Waals surface area contributed by atoms with Crippen molar-refractivity contribution in [3.05, 3.63) is 18.0 Å². The minimum Gasteiger partial charge on any atom is -0.388 e. The quantitative estimate of drug-likeness (QED) is 0.789. The summed E-state index contributed by atoms with van der Waals surface area (Å²) in [4.78, 5) is 0. The van der Waals surface area contributed by atoms with Crippen LogP contribution in [0.25, 0.3) is 0 Å². The van der Waals surface area contributed by atoms with Gasteiger partial charge < -0.3 is 9.84 Å². The first-order valence-electron chi connectivity index (χ1n) is 5.56. The molecule has 2 fully saturated rings. The number of hydrogen-bond acceptors (Lipinski definition) is 3. The zero-order chi connectivity index (χ0) is 10.4. The molecule has 2 aliphatic heterocycles. The van der Waals surface area contributed by atoms with E-state index in [0.29, 0.717) is 6.10 Å². The summed E-state index contributed by atoms with van der Waals surface area (Å²) in [5, 5.41) is 14.3. The van der Waals surface area contributed by atoms with Gasteiger partial charge in [0.15, 0.2) is 0 Å². The summed E-state index contributed by atoms with van der Waals surface area (Å²) in [6.07, 6.45) is 7.16. The lowest BCUT2D eigenvalue weighted by Crippen LogP contribution is -2.23. The molecule has 1 aromatic rings. The standard InChI is InChI=1S/C11H16N2O2/c1-13-6-7(5-12-13)11(14)9-4-8-2-3-10(9)15-8/h5-6,8-11,14H,2-4H2,1H3. The Morgan fingerprint density at radius 2 is 2.47 bits per heavy atom. The van der Waals surface area contributed by atoms with Gasteiger partial charge in [-0.2, -0.15) is 5.10 Å². The summed E-state index contributed by atoms with van der Waals surface area (Å²) in [5.41, 5.74) is 0.915. The number of nitrogens with zero attached hydrogens (tertiary/aromatic N) is 2. The lowest BCUT2D eigenvalue weighted by atomic mass is 9.83. The monoisotopic (exact) mass is 208 g/mol. The molecule has 2 bridgehead atoms. The molecule has 0 amide bonds. The van der Waals surface area contributed by atoms with E-state index in [2.05, 4.69) is 5.10 Å². The Morgan fingerprint density at radius 1 is 1.60 bits per heavy atom. The van der Waals surface area contributed by atoms with Gasteiger partial charge in [-0.3, -0.25) is 4.68 Å². The predicted molar refractivity (Wildman–Crippen MR) is 54.2 cm³/mol. The van der Waals surface area contributed by atoms with Crippen LogP contribution in [0, 0.1) is 5.92 Å². The van der Waals surface area contributed by atoms with E-state index in [-0.39, 0.29) is 12.0 Å². The maximum absolute atomic E-state index is 10.2. The second-order valence-electron chi connectivity index (χ2n) is 4.67. The molecule has 1 aromatic heterocycles. The van der Waals surface area contributed by atoms with Crippen LogP contribution in [0.15, 0.2) is 12.4 Å². The first kappa shape index (κ1) is 9.36. The molecule has 0 radical (unpaired) electrons. The summed E-state index contributed by atoms with van der Waals surface area (Å²) < 4.78 is 7.48. The summed E-state index contributed by atoms with van der Waals surface area (Å²) in [5.74, 6) is 0.271. The molecule has 4 nitrogen and oxygen atoms in total. The van der Waals surface area contributed by atoms with Gasteiger partial charge in [0.2, 0.25) is 0 Å². The zero-order valence-electron chi connectivity index (χ0n) is 8.84. The molecule has 15 heavy (non-hydrogen) atoms. The molecule has 4 atom stereocenters. The second-order valence-corrected chi connectivity index (χ2v) is 4.67. The van der Waals surface area contributed by atoms with Gasteiger partial charge in [0.25, 0.3) is 0 Å². The van der Waals surface area contributed by atoms with Crippen molar-refractivity contribution in [2.45, 2.75) is 37.6 Å². The van der Waals surface area contributed by atoms with E-state index in [1.807, 2.05) is 13.2 Å². The molecule has 1 N–H and O–H groups in total. The summed E-state index contributed by atoms with van der Waals surface area (Å²) in [7, 11) is 1.87. The van der Waals surface area contributed by atoms with Crippen LogP contribution in [0.4, 0.5) is 0 Å². The van der Waals surface area contributed by atoms with Crippen LogP contribution in [0.3, 0.4) is 0 Å². The highest BCUT2D eigenvalue weighted by molar-refractivity contribution is 5.11. The van der Waals surface area contributed by atoms with E-state index in [1.54, 1.807) is 10.9 Å². The maximum atomic E-state index is 10.2. The zero-order valence-corrected chi connectivity index (χ0v) is 8.84. The van der Waals surface area contributed by atoms with Crippen molar-refractivity contribution in [1.29, 1.82) is 0 Å². The van der Waals surface area contributed by atoms with Gasteiger partial charge in [-0.1, -0.05) is 0 Å². The van der Waals surface area contributed by atoms with Crippen LogP contribution in [0.2, 0.25) is 0 Å². The number of aliphatic hydroxyl groups excluding tert-OH is 1. The number of aryl methyl sites for hydroxylation is 1. The third-order valence-corrected chi connectivity index (χ3v) is 3.62. The number of aliphatic hydroxyl groups is 1. The highest BCUT2D eigenvalue weighted by atomic mass is 16.5. The lowest BCUT2D eigenvalue weighted by Gasteiger charge is -2.23. The summed E-state index contributed by atoms with van der Waals surface area (Å²) in [6.45, 7) is 0. The Kier molecular flexibility index (Phi) is 2.07. The molecule has 2 aliphatic rings. The number of aromatic nitrogens is 2. The smallest absolute Gasteiger partial charge is 0.0874 e. The van der Waals surface area contributed by atoms with Crippen LogP contribution in [0.1, 0.15) is 30.9 Å². The Balaban J connectivity index is 1.77. The lowest BCUT2D eigenvalue weighted by molar-refractivity contribution is 0.0422. The van der Waals surface area contributed by atoms with Crippen LogP contribution in [0.5, 0.6) is 0 Å². The van der Waals surface area contributed by atoms with Gasteiger partial charge in [-0.15, -0.1) is 0 Å². The summed E-state index contributed by atoms with van der Waals surface area (Å²) in [6, 6.07) is 0. The van der Waals surface area contributed by atoms with Crippen molar-refractivity contribution in [2.75, 3.05) is 0 Å². The molecule has 3 rings (SSSR count). The fourth-order valence-electron chi connectivity index (χ4n) is 2.85. The van der Waals surface area contributed by atoms with E-state index in [9.17, 15) is 5.11 Å². The molecule has 2 saturated heterocycles. The largest absolute Gasteiger partial charge is 0.388 e. The molecule has 82 valence electrons. The van der Waals surface area contributed by atoms with Gasteiger partial charge in [0.05, 0.1) is 24.5 Å². The molecule has 3 heterocycles. The van der Waals surface area contributed by atoms with Gasteiger partial charge in [-0.05, 0) is 19.3 Å². The van der Waals surface area contributed by atoms with Crippen molar-refractivity contribution in [1.82, 2.24) is 9.78 Å². The molecule has 4 heteroatoms. The number of fused-ring (bicyclic) bond motifs is 2. The van der Waals surface area contributed by atoms with Crippen molar-refractivity contribution in [3.8, 4) is 0 Å². The van der Waals surface area contributed by atoms with Gasteiger partial charge in [-0.25, -0.2) is 0 Å². The summed E-state index contributed by atoms with van der Waals surface area (Å²) >= 11 is 0. The minimum absolute atomic E-state index is 0.269. The highest BCUT2D eigenvalue weighted by Crippen LogP contribution is 2.44. The second kappa shape index (κ2) is 3.32. The third kappa shape index (κ3) is 1.48. The predicted octanol–water partition coefficient (Wildman–Crippen LogP) is 1.02. The van der Waals surface area contributed by atoms with Crippen LogP contribution < -0.4 is 0 Å². The van der Waals surface area contributed by atoms with Crippen molar-refractivity contribution in [3.63, 3.8) is 0 Å². The van der Waals surface area contributed by atoms with E-state index < -0.39 is 6.10 Å². The Hall–Kier alpha value is -0.870. The number of ether oxygens (including phenoxy) is 1. The molecular weight excluding hydrogens is 192 g/mol. The third-order valence-electron chi connectivity index (χ3n) is 3.62. The molecule has 0 saturated carbocycles. The average molecular weight is 208 g/mol. The first-order chi connectivity index (χ1) is 7.24. The number of hydrogen-bond donors (Lipinski definition) is 1.